The van der Waals surface area contributed by atoms with Crippen LogP contribution in [0.1, 0.15) is 47.0 Å². The van der Waals surface area contributed by atoms with E-state index >= 15 is 0 Å². The summed E-state index contributed by atoms with van der Waals surface area (Å²) in [5.74, 6) is 2.11. The van der Waals surface area contributed by atoms with E-state index in [1.807, 2.05) is 13.8 Å². The molecule has 6 nitrogen and oxygen atoms in total. The number of nitrogens with zero attached hydrogens (tertiary/aromatic N) is 4. The molecular weight excluding hydrogens is 266 g/mol. The van der Waals surface area contributed by atoms with Crippen LogP contribution in [0, 0.1) is 5.92 Å². The van der Waals surface area contributed by atoms with Crippen molar-refractivity contribution in [2.45, 2.75) is 53.1 Å². The number of hydrogen-bond donors (Lipinski definition) is 1. The zero-order chi connectivity index (χ0) is 15.2. The molecule has 0 atom stereocenters. The van der Waals surface area contributed by atoms with Gasteiger partial charge in [0, 0.05) is 19.6 Å². The summed E-state index contributed by atoms with van der Waals surface area (Å²) in [6.45, 7) is 11.0. The zero-order valence-electron chi connectivity index (χ0n) is 13.6. The van der Waals surface area contributed by atoms with Crippen LogP contribution in [0.2, 0.25) is 0 Å². The average Bonchev–Trinajstić information content (AvgIpc) is 3.25. The summed E-state index contributed by atoms with van der Waals surface area (Å²) >= 11 is 0. The number of hydrogen-bond acceptors (Lipinski definition) is 6. The van der Waals surface area contributed by atoms with Gasteiger partial charge < -0.3 is 15.0 Å². The van der Waals surface area contributed by atoms with Crippen LogP contribution in [0.4, 0.5) is 11.9 Å². The highest BCUT2D eigenvalue weighted by Crippen LogP contribution is 2.31. The Hall–Kier alpha value is -1.59. The Balaban J connectivity index is 2.19. The monoisotopic (exact) mass is 293 g/mol. The second-order valence-electron chi connectivity index (χ2n) is 5.82. The summed E-state index contributed by atoms with van der Waals surface area (Å²) < 4.78 is 5.66. The summed E-state index contributed by atoms with van der Waals surface area (Å²) in [4.78, 5) is 15.6. The number of anilines is 2. The van der Waals surface area contributed by atoms with Crippen LogP contribution >= 0.6 is 0 Å². The van der Waals surface area contributed by atoms with Crippen molar-refractivity contribution in [3.8, 4) is 6.01 Å². The molecule has 0 saturated heterocycles. The second kappa shape index (κ2) is 7.43. The predicted molar refractivity (Wildman–Crippen MR) is 85.0 cm³/mol. The Morgan fingerprint density at radius 2 is 2.00 bits per heavy atom. The Labute approximate surface area is 127 Å². The lowest BCUT2D eigenvalue weighted by Crippen LogP contribution is -2.28. The van der Waals surface area contributed by atoms with Gasteiger partial charge in [-0.15, -0.1) is 0 Å². The van der Waals surface area contributed by atoms with Crippen molar-refractivity contribution < 1.29 is 4.74 Å². The normalized spacial score (nSPS) is 14.3. The van der Waals surface area contributed by atoms with Crippen LogP contribution in [-0.4, -0.2) is 40.7 Å². The first kappa shape index (κ1) is 15.8. The number of nitrogens with one attached hydrogen (secondary N) is 1. The summed E-state index contributed by atoms with van der Waals surface area (Å²) in [6, 6.07) is 0.405. The molecule has 0 amide bonds. The molecule has 0 spiro atoms. The molecule has 0 bridgehead atoms. The van der Waals surface area contributed by atoms with Gasteiger partial charge in [-0.3, -0.25) is 0 Å². The molecule has 1 fully saturated rings. The molecule has 1 saturated carbocycles. The molecule has 1 aromatic heterocycles. The zero-order valence-corrected chi connectivity index (χ0v) is 13.6. The van der Waals surface area contributed by atoms with Gasteiger partial charge >= 0.3 is 6.01 Å². The van der Waals surface area contributed by atoms with Crippen molar-refractivity contribution in [3.05, 3.63) is 0 Å². The number of rotatable bonds is 9. The van der Waals surface area contributed by atoms with Crippen molar-refractivity contribution in [2.24, 2.45) is 5.92 Å². The fraction of sp³-hybridized carbons (Fsp3) is 0.800. The third kappa shape index (κ3) is 5.02. The van der Waals surface area contributed by atoms with E-state index in [0.717, 1.165) is 32.0 Å². The molecule has 1 aliphatic carbocycles. The average molecular weight is 293 g/mol. The molecule has 1 heterocycles. The first-order valence-electron chi connectivity index (χ1n) is 8.03. The minimum Gasteiger partial charge on any atom is -0.461 e. The van der Waals surface area contributed by atoms with E-state index < -0.39 is 0 Å². The molecule has 6 heteroatoms. The maximum Gasteiger partial charge on any atom is 0.323 e. The maximum atomic E-state index is 5.66. The van der Waals surface area contributed by atoms with Crippen molar-refractivity contribution in [2.75, 3.05) is 29.9 Å². The number of aromatic nitrogens is 3. The fourth-order valence-corrected chi connectivity index (χ4v) is 2.03. The van der Waals surface area contributed by atoms with E-state index in [2.05, 4.69) is 39.0 Å². The van der Waals surface area contributed by atoms with Crippen LogP contribution in [0.5, 0.6) is 6.01 Å². The third-order valence-electron chi connectivity index (χ3n) is 3.32. The molecule has 1 N–H and O–H groups in total. The van der Waals surface area contributed by atoms with Gasteiger partial charge in [-0.25, -0.2) is 0 Å². The van der Waals surface area contributed by atoms with E-state index in [0.29, 0.717) is 17.9 Å². The van der Waals surface area contributed by atoms with Gasteiger partial charge in [-0.1, -0.05) is 6.92 Å². The molecule has 21 heavy (non-hydrogen) atoms. The van der Waals surface area contributed by atoms with Gasteiger partial charge in [0.05, 0.1) is 6.10 Å². The minimum absolute atomic E-state index is 0.0535. The quantitative estimate of drug-likeness (QED) is 0.755. The molecule has 0 aliphatic heterocycles. The van der Waals surface area contributed by atoms with Crippen molar-refractivity contribution >= 4 is 11.9 Å². The molecule has 0 unspecified atom stereocenters. The minimum atomic E-state index is 0.0535. The van der Waals surface area contributed by atoms with Crippen molar-refractivity contribution in [1.29, 1.82) is 0 Å². The molecule has 2 rings (SSSR count). The van der Waals surface area contributed by atoms with Crippen molar-refractivity contribution in [1.82, 2.24) is 15.0 Å². The lowest BCUT2D eigenvalue weighted by Gasteiger charge is -2.21. The van der Waals surface area contributed by atoms with E-state index in [9.17, 15) is 0 Å². The van der Waals surface area contributed by atoms with Crippen molar-refractivity contribution in [3.63, 3.8) is 0 Å². The Morgan fingerprint density at radius 1 is 1.24 bits per heavy atom. The number of ether oxygens (including phenoxy) is 1. The lowest BCUT2D eigenvalue weighted by molar-refractivity contribution is 0.222. The smallest absolute Gasteiger partial charge is 0.323 e. The van der Waals surface area contributed by atoms with Gasteiger partial charge in [0.2, 0.25) is 11.9 Å². The molecule has 0 aromatic carbocycles. The molecule has 1 aromatic rings. The first-order chi connectivity index (χ1) is 10.1. The largest absolute Gasteiger partial charge is 0.461 e. The molecule has 118 valence electrons. The summed E-state index contributed by atoms with van der Waals surface area (Å²) in [7, 11) is 0. The fourth-order valence-electron chi connectivity index (χ4n) is 2.03. The Morgan fingerprint density at radius 3 is 2.57 bits per heavy atom. The molecule has 1 aliphatic rings. The van der Waals surface area contributed by atoms with Crippen LogP contribution in [0.25, 0.3) is 0 Å². The Bertz CT molecular complexity index is 448. The summed E-state index contributed by atoms with van der Waals surface area (Å²) in [5.41, 5.74) is 0. The van der Waals surface area contributed by atoms with Gasteiger partial charge in [0.25, 0.3) is 0 Å². The summed E-state index contributed by atoms with van der Waals surface area (Å²) in [6.07, 6.45) is 3.72. The molecular formula is C15H27N5O. The van der Waals surface area contributed by atoms with E-state index in [4.69, 9.17) is 4.74 Å². The predicted octanol–water partition coefficient (Wildman–Crippen LogP) is 2.72. The van der Waals surface area contributed by atoms with Crippen LogP contribution in [0.3, 0.4) is 0 Å². The topological polar surface area (TPSA) is 63.2 Å². The maximum absolute atomic E-state index is 5.66. The van der Waals surface area contributed by atoms with Crippen LogP contribution < -0.4 is 15.0 Å². The SMILES string of the molecule is CCCNc1nc(OC(C)C)nc(N(CC)CC2CC2)n1. The highest BCUT2D eigenvalue weighted by atomic mass is 16.5. The van der Waals surface area contributed by atoms with Gasteiger partial charge in [0.15, 0.2) is 0 Å². The standard InChI is InChI=1S/C15H27N5O/c1-5-9-16-13-17-14(19-15(18-13)21-11(3)4)20(6-2)10-12-7-8-12/h11-12H,5-10H2,1-4H3,(H,16,17,18,19). The molecule has 0 radical (unpaired) electrons. The Kier molecular flexibility index (Phi) is 5.59. The van der Waals surface area contributed by atoms with Gasteiger partial charge in [-0.2, -0.15) is 15.0 Å². The third-order valence-corrected chi connectivity index (χ3v) is 3.32. The second-order valence-corrected chi connectivity index (χ2v) is 5.82. The van der Waals surface area contributed by atoms with Crippen LogP contribution in [0.15, 0.2) is 0 Å². The van der Waals surface area contributed by atoms with Gasteiger partial charge in [0.1, 0.15) is 0 Å². The van der Waals surface area contributed by atoms with E-state index in [1.165, 1.54) is 12.8 Å². The van der Waals surface area contributed by atoms with Gasteiger partial charge in [-0.05, 0) is 46.0 Å². The highest BCUT2D eigenvalue weighted by molar-refractivity contribution is 5.38. The first-order valence-corrected chi connectivity index (χ1v) is 8.03. The van der Waals surface area contributed by atoms with E-state index in [-0.39, 0.29) is 6.10 Å². The van der Waals surface area contributed by atoms with E-state index in [1.54, 1.807) is 0 Å². The van der Waals surface area contributed by atoms with Crippen LogP contribution in [-0.2, 0) is 0 Å². The lowest BCUT2D eigenvalue weighted by atomic mass is 10.4. The highest BCUT2D eigenvalue weighted by Gasteiger charge is 2.25. The summed E-state index contributed by atoms with van der Waals surface area (Å²) in [5, 5.41) is 3.23.